The lowest BCUT2D eigenvalue weighted by molar-refractivity contribution is -0.384. The molecule has 1 fully saturated rings. The number of nitrogens with one attached hydrogen (secondary N) is 2. The summed E-state index contributed by atoms with van der Waals surface area (Å²) in [6, 6.07) is 2.54. The predicted molar refractivity (Wildman–Crippen MR) is 75.3 cm³/mol. The minimum absolute atomic E-state index is 0.0323. The lowest BCUT2D eigenvalue weighted by atomic mass is 9.94. The second-order valence-corrected chi connectivity index (χ2v) is 6.57. The minimum Gasteiger partial charge on any atom is -0.383 e. The number of nitrogens with zero attached hydrogens (tertiary/aromatic N) is 1. The molecule has 1 aliphatic carbocycles. The molecule has 7 nitrogen and oxygen atoms in total. The van der Waals surface area contributed by atoms with E-state index >= 15 is 0 Å². The van der Waals surface area contributed by atoms with Crippen molar-refractivity contribution < 1.29 is 13.3 Å². The molecule has 8 heteroatoms. The number of sulfonamides is 1. The summed E-state index contributed by atoms with van der Waals surface area (Å²) < 4.78 is 27.1. The summed E-state index contributed by atoms with van der Waals surface area (Å²) in [5, 5.41) is 13.7. The summed E-state index contributed by atoms with van der Waals surface area (Å²) in [6.45, 7) is 1.62. The molecule has 2 N–H and O–H groups in total. The number of hydrogen-bond donors (Lipinski definition) is 2. The van der Waals surface area contributed by atoms with Crippen LogP contribution in [0.4, 0.5) is 11.4 Å². The number of aryl methyl sites for hydroxylation is 1. The van der Waals surface area contributed by atoms with E-state index in [4.69, 9.17) is 0 Å². The fourth-order valence-corrected chi connectivity index (χ4v) is 3.68. The first-order chi connectivity index (χ1) is 9.35. The van der Waals surface area contributed by atoms with E-state index in [9.17, 15) is 18.5 Å². The molecule has 0 aliphatic heterocycles. The summed E-state index contributed by atoms with van der Waals surface area (Å²) >= 11 is 0. The van der Waals surface area contributed by atoms with Crippen molar-refractivity contribution in [3.05, 3.63) is 27.8 Å². The molecular weight excluding hydrogens is 282 g/mol. The van der Waals surface area contributed by atoms with Gasteiger partial charge in [0.1, 0.15) is 5.69 Å². The normalized spacial score (nSPS) is 15.7. The molecule has 0 bridgehead atoms. The molecule has 1 saturated carbocycles. The predicted octanol–water partition coefficient (Wildman–Crippen LogP) is 1.78. The zero-order valence-electron chi connectivity index (χ0n) is 11.3. The van der Waals surface area contributed by atoms with E-state index in [0.717, 1.165) is 25.3 Å². The van der Waals surface area contributed by atoms with Crippen LogP contribution in [0.5, 0.6) is 0 Å². The average molecular weight is 299 g/mol. The van der Waals surface area contributed by atoms with Gasteiger partial charge in [0.25, 0.3) is 5.69 Å². The van der Waals surface area contributed by atoms with E-state index < -0.39 is 14.9 Å². The van der Waals surface area contributed by atoms with Crippen LogP contribution in [0.25, 0.3) is 0 Å². The second kappa shape index (κ2) is 5.37. The van der Waals surface area contributed by atoms with Crippen LogP contribution in [0.2, 0.25) is 0 Å². The standard InChI is InChI=1S/C12H17N3O4S/c1-8-6-10(13-2)11(15(16)17)7-12(8)20(18,19)14-9-4-3-5-9/h6-7,9,13-14H,3-5H2,1-2H3. The van der Waals surface area contributed by atoms with Crippen LogP contribution in [0.15, 0.2) is 17.0 Å². The van der Waals surface area contributed by atoms with E-state index in [1.165, 1.54) is 6.07 Å². The Bertz CT molecular complexity index is 638. The Morgan fingerprint density at radius 3 is 2.45 bits per heavy atom. The fourth-order valence-electron chi connectivity index (χ4n) is 2.13. The number of rotatable bonds is 5. The van der Waals surface area contributed by atoms with Crippen molar-refractivity contribution in [3.63, 3.8) is 0 Å². The van der Waals surface area contributed by atoms with Crippen LogP contribution < -0.4 is 10.0 Å². The number of anilines is 1. The van der Waals surface area contributed by atoms with Gasteiger partial charge in [-0.05, 0) is 31.4 Å². The molecule has 0 saturated heterocycles. The first-order valence-electron chi connectivity index (χ1n) is 6.34. The average Bonchev–Trinajstić information content (AvgIpc) is 2.33. The molecule has 1 aromatic rings. The van der Waals surface area contributed by atoms with Crippen LogP contribution in [0.1, 0.15) is 24.8 Å². The van der Waals surface area contributed by atoms with Crippen molar-refractivity contribution in [2.45, 2.75) is 37.1 Å². The van der Waals surface area contributed by atoms with Gasteiger partial charge in [0, 0.05) is 19.2 Å². The van der Waals surface area contributed by atoms with E-state index in [0.29, 0.717) is 11.3 Å². The first-order valence-corrected chi connectivity index (χ1v) is 7.82. The third-order valence-corrected chi connectivity index (χ3v) is 5.14. The lowest BCUT2D eigenvalue weighted by Crippen LogP contribution is -2.39. The molecule has 1 aromatic carbocycles. The summed E-state index contributed by atoms with van der Waals surface area (Å²) in [6.07, 6.45) is 2.63. The largest absolute Gasteiger partial charge is 0.383 e. The quantitative estimate of drug-likeness (QED) is 0.637. The molecule has 110 valence electrons. The van der Waals surface area contributed by atoms with E-state index in [1.807, 2.05) is 0 Å². The molecule has 1 aliphatic rings. The highest BCUT2D eigenvalue weighted by Gasteiger charge is 2.28. The maximum Gasteiger partial charge on any atom is 0.293 e. The number of benzene rings is 1. The van der Waals surface area contributed by atoms with Gasteiger partial charge in [0.05, 0.1) is 9.82 Å². The minimum atomic E-state index is -3.71. The second-order valence-electron chi connectivity index (χ2n) is 4.89. The van der Waals surface area contributed by atoms with E-state index in [-0.39, 0.29) is 16.6 Å². The highest BCUT2D eigenvalue weighted by molar-refractivity contribution is 7.89. The number of nitro groups is 1. The van der Waals surface area contributed by atoms with Crippen LogP contribution in [0.3, 0.4) is 0 Å². The van der Waals surface area contributed by atoms with Gasteiger partial charge in [0.15, 0.2) is 0 Å². The SMILES string of the molecule is CNc1cc(C)c(S(=O)(=O)NC2CCC2)cc1[N+](=O)[O-]. The third kappa shape index (κ3) is 2.75. The van der Waals surface area contributed by atoms with E-state index in [1.54, 1.807) is 14.0 Å². The maximum absolute atomic E-state index is 12.3. The topological polar surface area (TPSA) is 101 Å². The maximum atomic E-state index is 12.3. The van der Waals surface area contributed by atoms with Gasteiger partial charge in [-0.3, -0.25) is 10.1 Å². The third-order valence-electron chi connectivity index (χ3n) is 3.48. The van der Waals surface area contributed by atoms with Gasteiger partial charge in [-0.25, -0.2) is 13.1 Å². The molecule has 20 heavy (non-hydrogen) atoms. The lowest BCUT2D eigenvalue weighted by Gasteiger charge is -2.26. The zero-order chi connectivity index (χ0) is 14.9. The number of hydrogen-bond acceptors (Lipinski definition) is 5. The molecular formula is C12H17N3O4S. The summed E-state index contributed by atoms with van der Waals surface area (Å²) in [7, 11) is -2.16. The molecule has 0 atom stereocenters. The van der Waals surface area contributed by atoms with E-state index in [2.05, 4.69) is 10.0 Å². The highest BCUT2D eigenvalue weighted by atomic mass is 32.2. The van der Waals surface area contributed by atoms with Crippen molar-refractivity contribution in [1.29, 1.82) is 0 Å². The molecule has 0 spiro atoms. The Kier molecular flexibility index (Phi) is 3.96. The monoisotopic (exact) mass is 299 g/mol. The Balaban J connectivity index is 2.45. The first kappa shape index (κ1) is 14.7. The smallest absolute Gasteiger partial charge is 0.293 e. The van der Waals surface area contributed by atoms with Gasteiger partial charge in [-0.1, -0.05) is 6.42 Å². The van der Waals surface area contributed by atoms with Crippen LogP contribution in [-0.4, -0.2) is 26.4 Å². The molecule has 0 unspecified atom stereocenters. The molecule has 0 amide bonds. The zero-order valence-corrected chi connectivity index (χ0v) is 12.2. The van der Waals surface area contributed by atoms with Crippen molar-refractivity contribution in [1.82, 2.24) is 4.72 Å². The summed E-state index contributed by atoms with van der Waals surface area (Å²) in [4.78, 5) is 10.4. The summed E-state index contributed by atoms with van der Waals surface area (Å²) in [5.41, 5.74) is 0.536. The van der Waals surface area contributed by atoms with Crippen LogP contribution >= 0.6 is 0 Å². The molecule has 0 heterocycles. The highest BCUT2D eigenvalue weighted by Crippen LogP contribution is 2.31. The molecule has 0 radical (unpaired) electrons. The van der Waals surface area contributed by atoms with Gasteiger partial charge >= 0.3 is 0 Å². The summed E-state index contributed by atoms with van der Waals surface area (Å²) in [5.74, 6) is 0. The van der Waals surface area contributed by atoms with Crippen LogP contribution in [0, 0.1) is 17.0 Å². The fraction of sp³-hybridized carbons (Fsp3) is 0.500. The Morgan fingerprint density at radius 2 is 2.00 bits per heavy atom. The Morgan fingerprint density at radius 1 is 1.35 bits per heavy atom. The molecule has 0 aromatic heterocycles. The van der Waals surface area contributed by atoms with Crippen molar-refractivity contribution in [2.24, 2.45) is 0 Å². The van der Waals surface area contributed by atoms with Crippen molar-refractivity contribution in [3.8, 4) is 0 Å². The Hall–Kier alpha value is -1.67. The van der Waals surface area contributed by atoms with Gasteiger partial charge in [0.2, 0.25) is 10.0 Å². The molecule has 2 rings (SSSR count). The van der Waals surface area contributed by atoms with Gasteiger partial charge in [-0.15, -0.1) is 0 Å². The Labute approximate surface area is 117 Å². The van der Waals surface area contributed by atoms with Gasteiger partial charge < -0.3 is 5.32 Å². The number of nitro benzene ring substituents is 1. The van der Waals surface area contributed by atoms with Crippen molar-refractivity contribution in [2.75, 3.05) is 12.4 Å². The van der Waals surface area contributed by atoms with Crippen molar-refractivity contribution >= 4 is 21.4 Å². The van der Waals surface area contributed by atoms with Gasteiger partial charge in [-0.2, -0.15) is 0 Å². The van der Waals surface area contributed by atoms with Crippen LogP contribution in [-0.2, 0) is 10.0 Å².